The van der Waals surface area contributed by atoms with E-state index in [-0.39, 0.29) is 12.4 Å². The molecule has 124 valence electrons. The van der Waals surface area contributed by atoms with E-state index in [0.717, 1.165) is 31.4 Å². The molecule has 2 aliphatic rings. The minimum absolute atomic E-state index is 0. The summed E-state index contributed by atoms with van der Waals surface area (Å²) >= 11 is 0. The second-order valence-electron chi connectivity index (χ2n) is 6.89. The van der Waals surface area contributed by atoms with Crippen LogP contribution < -0.4 is 10.5 Å². The van der Waals surface area contributed by atoms with E-state index in [1.165, 1.54) is 37.8 Å². The summed E-state index contributed by atoms with van der Waals surface area (Å²) in [5.41, 5.74) is 7.44. The number of hydrogen-bond acceptors (Lipinski definition) is 3. The summed E-state index contributed by atoms with van der Waals surface area (Å²) in [5.74, 6) is 2.48. The lowest BCUT2D eigenvalue weighted by molar-refractivity contribution is 0.154. The topological polar surface area (TPSA) is 38.5 Å². The molecule has 1 aromatic rings. The summed E-state index contributed by atoms with van der Waals surface area (Å²) in [5, 5.41) is 0. The quantitative estimate of drug-likeness (QED) is 0.871. The van der Waals surface area contributed by atoms with Crippen LogP contribution in [-0.2, 0) is 6.54 Å². The molecule has 2 unspecified atom stereocenters. The van der Waals surface area contributed by atoms with Gasteiger partial charge in [0, 0.05) is 19.1 Å². The maximum atomic E-state index is 6.06. The van der Waals surface area contributed by atoms with Gasteiger partial charge in [0.2, 0.25) is 0 Å². The third-order valence-corrected chi connectivity index (χ3v) is 4.80. The maximum absolute atomic E-state index is 6.06. The molecule has 22 heavy (non-hydrogen) atoms. The van der Waals surface area contributed by atoms with Crippen molar-refractivity contribution in [2.45, 2.75) is 45.2 Å². The van der Waals surface area contributed by atoms with Crippen molar-refractivity contribution >= 4 is 12.4 Å². The van der Waals surface area contributed by atoms with Crippen molar-refractivity contribution in [1.29, 1.82) is 0 Å². The Morgan fingerprint density at radius 1 is 1.23 bits per heavy atom. The Labute approximate surface area is 140 Å². The van der Waals surface area contributed by atoms with Crippen molar-refractivity contribution in [2.75, 3.05) is 19.7 Å². The number of likely N-dealkylation sites (tertiary alicyclic amines) is 1. The van der Waals surface area contributed by atoms with Crippen LogP contribution in [0, 0.1) is 11.8 Å². The molecule has 0 radical (unpaired) electrons. The largest absolute Gasteiger partial charge is 0.493 e. The van der Waals surface area contributed by atoms with E-state index in [2.05, 4.69) is 36.1 Å². The highest BCUT2D eigenvalue weighted by Crippen LogP contribution is 2.29. The highest BCUT2D eigenvalue weighted by Gasteiger charge is 2.23. The summed E-state index contributed by atoms with van der Waals surface area (Å²) in [6, 6.07) is 8.95. The van der Waals surface area contributed by atoms with E-state index in [1.54, 1.807) is 0 Å². The molecule has 1 saturated carbocycles. The third-order valence-electron chi connectivity index (χ3n) is 4.80. The van der Waals surface area contributed by atoms with Crippen molar-refractivity contribution in [1.82, 2.24) is 4.90 Å². The first kappa shape index (κ1) is 17.6. The Bertz CT molecular complexity index is 445. The van der Waals surface area contributed by atoms with Crippen LogP contribution in [-0.4, -0.2) is 30.6 Å². The Hall–Kier alpha value is -0.770. The lowest BCUT2D eigenvalue weighted by atomic mass is 9.92. The molecule has 1 aliphatic heterocycles. The predicted octanol–water partition coefficient (Wildman–Crippen LogP) is 3.46. The van der Waals surface area contributed by atoms with Gasteiger partial charge < -0.3 is 10.5 Å². The van der Waals surface area contributed by atoms with E-state index in [0.29, 0.717) is 12.0 Å². The lowest BCUT2D eigenvalue weighted by Gasteiger charge is -2.34. The van der Waals surface area contributed by atoms with E-state index < -0.39 is 0 Å². The SMILES string of the molecule is CC(N)C1CCCN(Cc2ccc(OCC3CC3)cc2)C1.Cl. The number of hydrogen-bond donors (Lipinski definition) is 1. The van der Waals surface area contributed by atoms with Gasteiger partial charge in [-0.25, -0.2) is 0 Å². The fourth-order valence-electron chi connectivity index (χ4n) is 3.11. The van der Waals surface area contributed by atoms with Crippen LogP contribution in [0.2, 0.25) is 0 Å². The average Bonchev–Trinajstić information content (AvgIpc) is 3.31. The van der Waals surface area contributed by atoms with Gasteiger partial charge in [0.05, 0.1) is 6.61 Å². The van der Waals surface area contributed by atoms with Gasteiger partial charge in [0.15, 0.2) is 0 Å². The fourth-order valence-corrected chi connectivity index (χ4v) is 3.11. The molecule has 1 saturated heterocycles. The van der Waals surface area contributed by atoms with Gasteiger partial charge in [-0.15, -0.1) is 12.4 Å². The van der Waals surface area contributed by atoms with Crippen LogP contribution in [0.15, 0.2) is 24.3 Å². The average molecular weight is 325 g/mol. The molecule has 0 bridgehead atoms. The van der Waals surface area contributed by atoms with Gasteiger partial charge in [0.1, 0.15) is 5.75 Å². The molecule has 2 fully saturated rings. The highest BCUT2D eigenvalue weighted by molar-refractivity contribution is 5.85. The number of nitrogens with zero attached hydrogens (tertiary/aromatic N) is 1. The Morgan fingerprint density at radius 3 is 2.59 bits per heavy atom. The first-order valence-electron chi connectivity index (χ1n) is 8.40. The second-order valence-corrected chi connectivity index (χ2v) is 6.89. The molecule has 3 nitrogen and oxygen atoms in total. The van der Waals surface area contributed by atoms with Gasteiger partial charge in [-0.2, -0.15) is 0 Å². The first-order chi connectivity index (χ1) is 10.2. The maximum Gasteiger partial charge on any atom is 0.119 e. The number of ether oxygens (including phenoxy) is 1. The zero-order chi connectivity index (χ0) is 14.7. The number of piperidine rings is 1. The summed E-state index contributed by atoms with van der Waals surface area (Å²) in [6.45, 7) is 6.40. The van der Waals surface area contributed by atoms with Gasteiger partial charge in [-0.1, -0.05) is 12.1 Å². The second kappa shape index (κ2) is 8.19. The van der Waals surface area contributed by atoms with Crippen molar-refractivity contribution in [3.63, 3.8) is 0 Å². The Kier molecular flexibility index (Phi) is 6.54. The van der Waals surface area contributed by atoms with Crippen LogP contribution in [0.25, 0.3) is 0 Å². The van der Waals surface area contributed by atoms with Crippen LogP contribution in [0.4, 0.5) is 0 Å². The molecule has 0 spiro atoms. The van der Waals surface area contributed by atoms with Crippen LogP contribution in [0.3, 0.4) is 0 Å². The summed E-state index contributed by atoms with van der Waals surface area (Å²) in [4.78, 5) is 2.54. The zero-order valence-electron chi connectivity index (χ0n) is 13.5. The van der Waals surface area contributed by atoms with E-state index in [4.69, 9.17) is 10.5 Å². The molecule has 2 atom stereocenters. The number of nitrogens with two attached hydrogens (primary N) is 1. The van der Waals surface area contributed by atoms with Gasteiger partial charge >= 0.3 is 0 Å². The van der Waals surface area contributed by atoms with Crippen LogP contribution in [0.1, 0.15) is 38.2 Å². The Morgan fingerprint density at radius 2 is 1.95 bits per heavy atom. The van der Waals surface area contributed by atoms with Crippen molar-refractivity contribution < 1.29 is 4.74 Å². The van der Waals surface area contributed by atoms with Crippen molar-refractivity contribution in [3.05, 3.63) is 29.8 Å². The van der Waals surface area contributed by atoms with Crippen molar-refractivity contribution in [3.8, 4) is 5.75 Å². The monoisotopic (exact) mass is 324 g/mol. The third kappa shape index (κ3) is 5.15. The van der Waals surface area contributed by atoms with Gasteiger partial charge in [-0.3, -0.25) is 4.90 Å². The summed E-state index contributed by atoms with van der Waals surface area (Å²) in [7, 11) is 0. The van der Waals surface area contributed by atoms with E-state index in [9.17, 15) is 0 Å². The number of rotatable bonds is 6. The minimum atomic E-state index is 0. The van der Waals surface area contributed by atoms with Gasteiger partial charge in [0.25, 0.3) is 0 Å². The first-order valence-corrected chi connectivity index (χ1v) is 8.40. The molecule has 1 aromatic carbocycles. The molecule has 4 heteroatoms. The standard InChI is InChI=1S/C18H28N2O.ClH/c1-14(19)17-3-2-10-20(12-17)11-15-6-8-18(9-7-15)21-13-16-4-5-16;/h6-9,14,16-17H,2-5,10-13,19H2,1H3;1H. The smallest absolute Gasteiger partial charge is 0.119 e. The zero-order valence-corrected chi connectivity index (χ0v) is 14.4. The predicted molar refractivity (Wildman–Crippen MR) is 93.6 cm³/mol. The van der Waals surface area contributed by atoms with E-state index in [1.807, 2.05) is 0 Å². The van der Waals surface area contributed by atoms with Crippen LogP contribution in [0.5, 0.6) is 5.75 Å². The molecule has 0 amide bonds. The Balaban J connectivity index is 0.00000176. The fraction of sp³-hybridized carbons (Fsp3) is 0.667. The number of halogens is 1. The highest BCUT2D eigenvalue weighted by atomic mass is 35.5. The molecule has 1 aliphatic carbocycles. The van der Waals surface area contributed by atoms with E-state index >= 15 is 0 Å². The molecular weight excluding hydrogens is 296 g/mol. The summed E-state index contributed by atoms with van der Waals surface area (Å²) in [6.07, 6.45) is 5.23. The summed E-state index contributed by atoms with van der Waals surface area (Å²) < 4.78 is 5.79. The molecule has 2 N–H and O–H groups in total. The normalized spacial score (nSPS) is 23.6. The molecule has 3 rings (SSSR count). The number of benzene rings is 1. The molecule has 0 aromatic heterocycles. The van der Waals surface area contributed by atoms with Crippen molar-refractivity contribution in [2.24, 2.45) is 17.6 Å². The lowest BCUT2D eigenvalue weighted by Crippen LogP contribution is -2.41. The van der Waals surface area contributed by atoms with Crippen LogP contribution >= 0.6 is 12.4 Å². The minimum Gasteiger partial charge on any atom is -0.493 e. The molecule has 1 heterocycles. The van der Waals surface area contributed by atoms with Gasteiger partial charge in [-0.05, 0) is 68.7 Å². The molecular formula is C18H29ClN2O.